The van der Waals surface area contributed by atoms with Crippen LogP contribution in [0.25, 0.3) is 6.08 Å². The summed E-state index contributed by atoms with van der Waals surface area (Å²) in [6.07, 6.45) is 11.2. The van der Waals surface area contributed by atoms with Crippen molar-refractivity contribution in [1.82, 2.24) is 9.47 Å². The van der Waals surface area contributed by atoms with Crippen LogP contribution in [0.4, 0.5) is 5.82 Å². The smallest absolute Gasteiger partial charge is 0.270 e. The van der Waals surface area contributed by atoms with E-state index in [2.05, 4.69) is 41.3 Å². The van der Waals surface area contributed by atoms with Crippen molar-refractivity contribution in [2.45, 2.75) is 84.2 Å². The summed E-state index contributed by atoms with van der Waals surface area (Å²) >= 11 is 7.05. The van der Waals surface area contributed by atoms with Gasteiger partial charge in [-0.25, -0.2) is 0 Å². The van der Waals surface area contributed by atoms with Crippen molar-refractivity contribution in [3.63, 3.8) is 0 Å². The van der Waals surface area contributed by atoms with E-state index in [0.29, 0.717) is 27.3 Å². The summed E-state index contributed by atoms with van der Waals surface area (Å²) in [5.41, 5.74) is 2.72. The molecule has 8 heteroatoms. The Morgan fingerprint density at radius 2 is 1.77 bits per heavy atom. The highest BCUT2D eigenvalue weighted by atomic mass is 32.2. The van der Waals surface area contributed by atoms with Gasteiger partial charge in [0.25, 0.3) is 11.5 Å². The van der Waals surface area contributed by atoms with Gasteiger partial charge in [-0.2, -0.15) is 5.26 Å². The molecule has 0 atom stereocenters. The molecule has 0 N–H and O–H groups in total. The standard InChI is InChI=1S/C32H38N4O2S2/c1-3-16-35-29(34-17-14-24(15-18-34)19-23-10-6-4-7-11-23)26(22(2)27(21-33)30(35)37)20-28-31(38)36(32(39)40-28)25-12-8-5-9-13-25/h4,6-7,10-11,20,24-25H,3,5,8-9,12-19H2,1-2H3/b28-20+. The fourth-order valence-corrected chi connectivity index (χ4v) is 7.86. The van der Waals surface area contributed by atoms with Gasteiger partial charge >= 0.3 is 0 Å². The normalized spacial score (nSPS) is 20.0. The lowest BCUT2D eigenvalue weighted by Crippen LogP contribution is -2.40. The average molecular weight is 575 g/mol. The van der Waals surface area contributed by atoms with Gasteiger partial charge in [-0.3, -0.25) is 19.1 Å². The van der Waals surface area contributed by atoms with Crippen molar-refractivity contribution < 1.29 is 4.79 Å². The van der Waals surface area contributed by atoms with Gasteiger partial charge in [0.2, 0.25) is 0 Å². The number of carbonyl (C=O) groups excluding carboxylic acids is 1. The Morgan fingerprint density at radius 3 is 2.42 bits per heavy atom. The predicted molar refractivity (Wildman–Crippen MR) is 167 cm³/mol. The number of hydrogen-bond acceptors (Lipinski definition) is 6. The molecule has 2 aliphatic heterocycles. The first-order valence-electron chi connectivity index (χ1n) is 14.7. The minimum Gasteiger partial charge on any atom is -0.357 e. The molecule has 2 saturated heterocycles. The molecule has 1 amide bonds. The number of aromatic nitrogens is 1. The number of nitrogens with zero attached hydrogens (tertiary/aromatic N) is 4. The van der Waals surface area contributed by atoms with Crippen LogP contribution in [0.3, 0.4) is 0 Å². The summed E-state index contributed by atoms with van der Waals surface area (Å²) in [6, 6.07) is 13.0. The van der Waals surface area contributed by atoms with E-state index in [4.69, 9.17) is 12.2 Å². The summed E-state index contributed by atoms with van der Waals surface area (Å²) in [5, 5.41) is 9.96. The molecule has 3 aliphatic rings. The maximum absolute atomic E-state index is 13.7. The third-order valence-electron chi connectivity index (χ3n) is 8.61. The molecule has 0 bridgehead atoms. The molecule has 0 spiro atoms. The van der Waals surface area contributed by atoms with Crippen LogP contribution in [-0.2, 0) is 17.8 Å². The zero-order valence-corrected chi connectivity index (χ0v) is 25.2. The van der Waals surface area contributed by atoms with Gasteiger partial charge in [-0.1, -0.05) is 80.5 Å². The zero-order chi connectivity index (χ0) is 28.2. The summed E-state index contributed by atoms with van der Waals surface area (Å²) in [7, 11) is 0. The second-order valence-corrected chi connectivity index (χ2v) is 12.9. The highest BCUT2D eigenvalue weighted by molar-refractivity contribution is 8.26. The molecule has 0 unspecified atom stereocenters. The minimum atomic E-state index is -0.241. The van der Waals surface area contributed by atoms with Gasteiger partial charge in [-0.05, 0) is 68.6 Å². The van der Waals surface area contributed by atoms with E-state index in [1.807, 2.05) is 24.8 Å². The average Bonchev–Trinajstić information content (AvgIpc) is 3.25. The topological polar surface area (TPSA) is 69.3 Å². The van der Waals surface area contributed by atoms with Crippen molar-refractivity contribution in [1.29, 1.82) is 5.26 Å². The van der Waals surface area contributed by atoms with Crippen molar-refractivity contribution in [3.05, 3.63) is 67.8 Å². The third kappa shape index (κ3) is 5.77. The second kappa shape index (κ2) is 12.7. The zero-order valence-electron chi connectivity index (χ0n) is 23.5. The van der Waals surface area contributed by atoms with Crippen LogP contribution in [0.15, 0.2) is 40.0 Å². The maximum atomic E-state index is 13.7. The molecule has 6 nitrogen and oxygen atoms in total. The Morgan fingerprint density at radius 1 is 1.07 bits per heavy atom. The van der Waals surface area contributed by atoms with Crippen LogP contribution in [0.1, 0.15) is 80.5 Å². The second-order valence-electron chi connectivity index (χ2n) is 11.3. The predicted octanol–water partition coefficient (Wildman–Crippen LogP) is 6.43. The van der Waals surface area contributed by atoms with Crippen LogP contribution < -0.4 is 10.5 Å². The Bertz CT molecular complexity index is 1390. The number of benzene rings is 1. The molecular weight excluding hydrogens is 537 g/mol. The van der Waals surface area contributed by atoms with Gasteiger partial charge in [0.1, 0.15) is 21.8 Å². The monoisotopic (exact) mass is 574 g/mol. The summed E-state index contributed by atoms with van der Waals surface area (Å²) in [4.78, 5) is 31.9. The first-order valence-corrected chi connectivity index (χ1v) is 15.9. The van der Waals surface area contributed by atoms with E-state index in [9.17, 15) is 14.9 Å². The van der Waals surface area contributed by atoms with Gasteiger partial charge in [0, 0.05) is 31.2 Å². The molecule has 3 heterocycles. The summed E-state index contributed by atoms with van der Waals surface area (Å²) in [6.45, 7) is 6.07. The number of piperidine rings is 1. The van der Waals surface area contributed by atoms with E-state index in [0.717, 1.165) is 75.8 Å². The van der Waals surface area contributed by atoms with Gasteiger partial charge in [0.15, 0.2) is 0 Å². The lowest BCUT2D eigenvalue weighted by molar-refractivity contribution is -0.124. The molecular formula is C32H38N4O2S2. The number of amides is 1. The van der Waals surface area contributed by atoms with E-state index >= 15 is 0 Å². The minimum absolute atomic E-state index is 0.0411. The number of thioether (sulfide) groups is 1. The fourth-order valence-electron chi connectivity index (χ4n) is 6.48. The first kappa shape index (κ1) is 28.6. The molecule has 210 valence electrons. The Labute approximate surface area is 247 Å². The van der Waals surface area contributed by atoms with Crippen molar-refractivity contribution in [2.24, 2.45) is 5.92 Å². The van der Waals surface area contributed by atoms with Crippen LogP contribution in [0.5, 0.6) is 0 Å². The van der Waals surface area contributed by atoms with E-state index in [-0.39, 0.29) is 23.1 Å². The van der Waals surface area contributed by atoms with Crippen LogP contribution in [0, 0.1) is 24.2 Å². The maximum Gasteiger partial charge on any atom is 0.270 e. The van der Waals surface area contributed by atoms with Crippen molar-refractivity contribution >= 4 is 46.1 Å². The molecule has 40 heavy (non-hydrogen) atoms. The molecule has 1 aromatic carbocycles. The molecule has 0 radical (unpaired) electrons. The van der Waals surface area contributed by atoms with Gasteiger partial charge < -0.3 is 4.90 Å². The molecule has 1 saturated carbocycles. The quantitative estimate of drug-likeness (QED) is 0.280. The number of nitriles is 1. The Balaban J connectivity index is 1.50. The fraction of sp³-hybridized carbons (Fsp3) is 0.500. The van der Waals surface area contributed by atoms with Crippen LogP contribution >= 0.6 is 24.0 Å². The number of hydrogen-bond donors (Lipinski definition) is 0. The van der Waals surface area contributed by atoms with Crippen LogP contribution in [-0.4, -0.2) is 38.8 Å². The lowest BCUT2D eigenvalue weighted by atomic mass is 9.90. The molecule has 5 rings (SSSR count). The molecule has 1 aliphatic carbocycles. The number of anilines is 1. The summed E-state index contributed by atoms with van der Waals surface area (Å²) < 4.78 is 2.39. The number of carbonyl (C=O) groups is 1. The number of rotatable bonds is 7. The van der Waals surface area contributed by atoms with E-state index in [1.165, 1.54) is 23.7 Å². The van der Waals surface area contributed by atoms with Crippen molar-refractivity contribution in [2.75, 3.05) is 18.0 Å². The highest BCUT2D eigenvalue weighted by Crippen LogP contribution is 2.39. The third-order valence-corrected chi connectivity index (χ3v) is 9.94. The van der Waals surface area contributed by atoms with Gasteiger partial charge in [0.05, 0.1) is 4.91 Å². The Kier molecular flexibility index (Phi) is 9.12. The van der Waals surface area contributed by atoms with E-state index in [1.54, 1.807) is 4.57 Å². The number of thiocarbonyl (C=S) groups is 1. The highest BCUT2D eigenvalue weighted by Gasteiger charge is 2.38. The number of pyridine rings is 1. The Hall–Kier alpha value is -2.89. The SMILES string of the molecule is CCCn1c(N2CCC(Cc3ccccc3)CC2)c(/C=C2/SC(=S)N(C3CCCCC3)C2=O)c(C)c(C#N)c1=O. The van der Waals surface area contributed by atoms with Crippen LogP contribution in [0.2, 0.25) is 0 Å². The van der Waals surface area contributed by atoms with Gasteiger partial charge in [-0.15, -0.1) is 0 Å². The van der Waals surface area contributed by atoms with Crippen molar-refractivity contribution in [3.8, 4) is 6.07 Å². The lowest BCUT2D eigenvalue weighted by Gasteiger charge is -2.36. The molecule has 2 aromatic rings. The molecule has 3 fully saturated rings. The van der Waals surface area contributed by atoms with E-state index < -0.39 is 0 Å². The summed E-state index contributed by atoms with van der Waals surface area (Å²) in [5.74, 6) is 1.38. The molecule has 1 aromatic heterocycles. The first-order chi connectivity index (χ1) is 19.4. The largest absolute Gasteiger partial charge is 0.357 e.